The van der Waals surface area contributed by atoms with E-state index >= 15 is 0 Å². The van der Waals surface area contributed by atoms with E-state index in [4.69, 9.17) is 4.52 Å². The fraction of sp³-hybridized carbons (Fsp3) is 0.846. The lowest BCUT2D eigenvalue weighted by Gasteiger charge is -2.30. The van der Waals surface area contributed by atoms with Crippen molar-refractivity contribution < 1.29 is 4.52 Å². The Bertz CT molecular complexity index is 418. The Morgan fingerprint density at radius 3 is 2.47 bits per heavy atom. The van der Waals surface area contributed by atoms with Crippen molar-refractivity contribution in [2.24, 2.45) is 5.41 Å². The van der Waals surface area contributed by atoms with Gasteiger partial charge in [-0.15, -0.1) is 0 Å². The summed E-state index contributed by atoms with van der Waals surface area (Å²) in [5.74, 6) is 2.27. The summed E-state index contributed by atoms with van der Waals surface area (Å²) in [5, 5.41) is 7.56. The topological polar surface area (TPSA) is 51.0 Å². The van der Waals surface area contributed by atoms with Gasteiger partial charge in [0.05, 0.1) is 0 Å². The molecule has 1 aliphatic carbocycles. The number of hydrogen-bond donors (Lipinski definition) is 1. The number of nitrogens with one attached hydrogen (secondary N) is 1. The average molecular weight is 235 g/mol. The summed E-state index contributed by atoms with van der Waals surface area (Å²) < 4.78 is 5.51. The zero-order valence-corrected chi connectivity index (χ0v) is 10.9. The largest absolute Gasteiger partial charge is 0.339 e. The number of nitrogens with zero attached hydrogens (tertiary/aromatic N) is 2. The van der Waals surface area contributed by atoms with Crippen LogP contribution >= 0.6 is 0 Å². The van der Waals surface area contributed by atoms with E-state index in [1.54, 1.807) is 0 Å². The monoisotopic (exact) mass is 235 g/mol. The van der Waals surface area contributed by atoms with E-state index in [1.165, 1.54) is 6.42 Å². The van der Waals surface area contributed by atoms with Gasteiger partial charge in [0.2, 0.25) is 5.89 Å². The van der Waals surface area contributed by atoms with Gasteiger partial charge in [0, 0.05) is 11.3 Å². The summed E-state index contributed by atoms with van der Waals surface area (Å²) in [5.41, 5.74) is 0.450. The molecule has 17 heavy (non-hydrogen) atoms. The van der Waals surface area contributed by atoms with E-state index in [0.717, 1.165) is 37.6 Å². The Morgan fingerprint density at radius 1 is 1.24 bits per heavy atom. The van der Waals surface area contributed by atoms with Crippen LogP contribution in [0.2, 0.25) is 0 Å². The lowest BCUT2D eigenvalue weighted by Crippen LogP contribution is -2.37. The van der Waals surface area contributed by atoms with Gasteiger partial charge in [-0.1, -0.05) is 25.9 Å². The Kier molecular flexibility index (Phi) is 2.34. The minimum atomic E-state index is 0.0789. The van der Waals surface area contributed by atoms with Crippen molar-refractivity contribution in [3.05, 3.63) is 11.7 Å². The molecule has 1 aromatic heterocycles. The lowest BCUT2D eigenvalue weighted by molar-refractivity contribution is 0.240. The smallest absolute Gasteiger partial charge is 0.232 e. The van der Waals surface area contributed by atoms with Crippen LogP contribution in [0.15, 0.2) is 4.52 Å². The van der Waals surface area contributed by atoms with Crippen molar-refractivity contribution in [1.82, 2.24) is 15.5 Å². The third-order valence-corrected chi connectivity index (χ3v) is 4.49. The maximum Gasteiger partial charge on any atom is 0.232 e. The van der Waals surface area contributed by atoms with Crippen molar-refractivity contribution >= 4 is 0 Å². The van der Waals surface area contributed by atoms with Gasteiger partial charge in [-0.25, -0.2) is 0 Å². The quantitative estimate of drug-likeness (QED) is 0.854. The third kappa shape index (κ3) is 1.88. The van der Waals surface area contributed by atoms with E-state index in [9.17, 15) is 0 Å². The summed E-state index contributed by atoms with van der Waals surface area (Å²) in [6, 6.07) is 0. The maximum absolute atomic E-state index is 5.51. The number of aromatic nitrogens is 2. The Labute approximate surface area is 102 Å². The molecule has 0 bridgehead atoms. The first kappa shape index (κ1) is 11.2. The van der Waals surface area contributed by atoms with Gasteiger partial charge in [-0.2, -0.15) is 4.98 Å². The van der Waals surface area contributed by atoms with Gasteiger partial charge in [0.15, 0.2) is 5.82 Å². The van der Waals surface area contributed by atoms with Crippen molar-refractivity contribution in [2.75, 3.05) is 13.1 Å². The van der Waals surface area contributed by atoms with Crippen LogP contribution in [-0.2, 0) is 5.41 Å². The van der Waals surface area contributed by atoms with E-state index in [2.05, 4.69) is 36.2 Å². The van der Waals surface area contributed by atoms with E-state index in [0.29, 0.717) is 11.3 Å². The zero-order valence-electron chi connectivity index (χ0n) is 10.9. The Morgan fingerprint density at radius 2 is 1.88 bits per heavy atom. The molecule has 0 spiro atoms. The SMILES string of the molecule is CC1(c2nc(C3CC3(C)C)no2)CCNCC1. The van der Waals surface area contributed by atoms with Crippen LogP contribution in [0.3, 0.4) is 0 Å². The molecule has 1 atom stereocenters. The summed E-state index contributed by atoms with van der Waals surface area (Å²) in [6.45, 7) is 8.86. The molecule has 2 aliphatic rings. The fourth-order valence-electron chi connectivity index (χ4n) is 2.72. The highest BCUT2D eigenvalue weighted by Crippen LogP contribution is 2.57. The highest BCUT2D eigenvalue weighted by molar-refractivity contribution is 5.16. The van der Waals surface area contributed by atoms with Crippen LogP contribution in [0, 0.1) is 5.41 Å². The van der Waals surface area contributed by atoms with Gasteiger partial charge < -0.3 is 9.84 Å². The molecule has 1 saturated heterocycles. The van der Waals surface area contributed by atoms with Crippen LogP contribution in [-0.4, -0.2) is 23.2 Å². The number of piperidine rings is 1. The van der Waals surface area contributed by atoms with Crippen LogP contribution in [0.5, 0.6) is 0 Å². The Balaban J connectivity index is 1.80. The molecule has 0 aromatic carbocycles. The van der Waals surface area contributed by atoms with E-state index in [1.807, 2.05) is 0 Å². The number of hydrogen-bond acceptors (Lipinski definition) is 4. The lowest BCUT2D eigenvalue weighted by atomic mass is 9.81. The molecule has 4 nitrogen and oxygen atoms in total. The zero-order chi connectivity index (χ0) is 12.1. The van der Waals surface area contributed by atoms with E-state index in [-0.39, 0.29) is 5.41 Å². The molecule has 0 radical (unpaired) electrons. The molecular formula is C13H21N3O. The Hall–Kier alpha value is -0.900. The molecule has 3 rings (SSSR count). The second-order valence-electron chi connectivity index (χ2n) is 6.51. The van der Waals surface area contributed by atoms with Gasteiger partial charge in [-0.3, -0.25) is 0 Å². The number of rotatable bonds is 2. The maximum atomic E-state index is 5.51. The highest BCUT2D eigenvalue weighted by Gasteiger charge is 2.50. The fourth-order valence-corrected chi connectivity index (χ4v) is 2.72. The second-order valence-corrected chi connectivity index (χ2v) is 6.51. The molecule has 1 unspecified atom stereocenters. The minimum Gasteiger partial charge on any atom is -0.339 e. The first-order valence-electron chi connectivity index (χ1n) is 6.56. The van der Waals surface area contributed by atoms with Gasteiger partial charge >= 0.3 is 0 Å². The standard InChI is InChI=1S/C13H21N3O/c1-12(2)8-9(12)10-15-11(17-16-10)13(3)4-6-14-7-5-13/h9,14H,4-8H2,1-3H3. The minimum absolute atomic E-state index is 0.0789. The molecule has 1 saturated carbocycles. The summed E-state index contributed by atoms with van der Waals surface area (Å²) >= 11 is 0. The van der Waals surface area contributed by atoms with Crippen LogP contribution in [0.1, 0.15) is 57.7 Å². The average Bonchev–Trinajstić information content (AvgIpc) is 2.76. The van der Waals surface area contributed by atoms with Gasteiger partial charge in [0.25, 0.3) is 0 Å². The molecule has 94 valence electrons. The van der Waals surface area contributed by atoms with Crippen molar-refractivity contribution in [3.8, 4) is 0 Å². The predicted octanol–water partition coefficient (Wildman–Crippen LogP) is 2.22. The van der Waals surface area contributed by atoms with Crippen molar-refractivity contribution in [1.29, 1.82) is 0 Å². The van der Waals surface area contributed by atoms with Crippen LogP contribution < -0.4 is 5.32 Å². The van der Waals surface area contributed by atoms with Crippen molar-refractivity contribution in [3.63, 3.8) is 0 Å². The van der Waals surface area contributed by atoms with Gasteiger partial charge in [0.1, 0.15) is 0 Å². The summed E-state index contributed by atoms with van der Waals surface area (Å²) in [4.78, 5) is 4.66. The first-order chi connectivity index (χ1) is 8.01. The second kappa shape index (κ2) is 3.55. The van der Waals surface area contributed by atoms with E-state index < -0.39 is 0 Å². The third-order valence-electron chi connectivity index (χ3n) is 4.49. The molecule has 2 heterocycles. The molecule has 1 aliphatic heterocycles. The van der Waals surface area contributed by atoms with Crippen LogP contribution in [0.25, 0.3) is 0 Å². The highest BCUT2D eigenvalue weighted by atomic mass is 16.5. The summed E-state index contributed by atoms with van der Waals surface area (Å²) in [6.07, 6.45) is 3.36. The molecule has 1 N–H and O–H groups in total. The first-order valence-corrected chi connectivity index (χ1v) is 6.56. The molecule has 0 amide bonds. The summed E-state index contributed by atoms with van der Waals surface area (Å²) in [7, 11) is 0. The van der Waals surface area contributed by atoms with Crippen molar-refractivity contribution in [2.45, 2.75) is 51.4 Å². The molecule has 4 heteroatoms. The van der Waals surface area contributed by atoms with Crippen LogP contribution in [0.4, 0.5) is 0 Å². The van der Waals surface area contributed by atoms with Gasteiger partial charge in [-0.05, 0) is 37.8 Å². The molecule has 1 aromatic rings. The molecular weight excluding hydrogens is 214 g/mol. The normalized spacial score (nSPS) is 30.2. The predicted molar refractivity (Wildman–Crippen MR) is 64.9 cm³/mol. The molecule has 2 fully saturated rings.